The molecule has 0 nitrogen and oxygen atoms in total. The van der Waals surface area contributed by atoms with Crippen LogP contribution in [0.4, 0.5) is 4.39 Å². The minimum Gasteiger partial charge on any atom is -0.207 e. The van der Waals surface area contributed by atoms with Crippen LogP contribution in [-0.4, -0.2) is 0 Å². The van der Waals surface area contributed by atoms with Gasteiger partial charge in [0.15, 0.2) is 0 Å². The molecule has 88 valence electrons. The van der Waals surface area contributed by atoms with Gasteiger partial charge in [-0.05, 0) is 52.4 Å². The Morgan fingerprint density at radius 1 is 1.24 bits per heavy atom. The Bertz CT molecular complexity index is 580. The first-order valence-corrected chi connectivity index (χ1v) is 5.89. The van der Waals surface area contributed by atoms with E-state index in [0.29, 0.717) is 5.92 Å². The summed E-state index contributed by atoms with van der Waals surface area (Å²) in [6.45, 7) is 9.91. The second-order valence-corrected chi connectivity index (χ2v) is 4.74. The maximum Gasteiger partial charge on any atom is 0.126 e. The number of aryl methyl sites for hydroxylation is 1. The van der Waals surface area contributed by atoms with Crippen LogP contribution in [0.1, 0.15) is 36.5 Å². The number of hydrogen-bond donors (Lipinski definition) is 0. The van der Waals surface area contributed by atoms with Crippen molar-refractivity contribution in [2.45, 2.75) is 26.7 Å². The van der Waals surface area contributed by atoms with Crippen molar-refractivity contribution in [3.05, 3.63) is 53.4 Å². The first kappa shape index (κ1) is 11.8. The summed E-state index contributed by atoms with van der Waals surface area (Å²) in [6, 6.07) is 7.54. The fraction of sp³-hybridized carbons (Fsp3) is 0.250. The Balaban J connectivity index is 2.91. The van der Waals surface area contributed by atoms with E-state index in [1.165, 1.54) is 11.6 Å². The third-order valence-electron chi connectivity index (χ3n) is 3.22. The average molecular weight is 228 g/mol. The first-order chi connectivity index (χ1) is 8.04. The van der Waals surface area contributed by atoms with E-state index in [2.05, 4.69) is 32.6 Å². The lowest BCUT2D eigenvalue weighted by Crippen LogP contribution is -1.95. The second-order valence-electron chi connectivity index (χ2n) is 4.74. The van der Waals surface area contributed by atoms with E-state index in [9.17, 15) is 4.39 Å². The molecule has 2 aromatic carbocycles. The van der Waals surface area contributed by atoms with Crippen LogP contribution in [0.15, 0.2) is 30.8 Å². The van der Waals surface area contributed by atoms with Gasteiger partial charge in [-0.1, -0.05) is 38.6 Å². The van der Waals surface area contributed by atoms with Gasteiger partial charge in [-0.3, -0.25) is 0 Å². The number of benzene rings is 2. The monoisotopic (exact) mass is 228 g/mol. The van der Waals surface area contributed by atoms with E-state index < -0.39 is 0 Å². The van der Waals surface area contributed by atoms with Crippen molar-refractivity contribution < 1.29 is 4.39 Å². The van der Waals surface area contributed by atoms with Crippen molar-refractivity contribution >= 4 is 16.8 Å². The molecule has 0 aliphatic heterocycles. The Kier molecular flexibility index (Phi) is 3.01. The number of halogens is 1. The third-order valence-corrected chi connectivity index (χ3v) is 3.22. The summed E-state index contributed by atoms with van der Waals surface area (Å²) in [6.07, 6.45) is 1.84. The van der Waals surface area contributed by atoms with Gasteiger partial charge >= 0.3 is 0 Å². The van der Waals surface area contributed by atoms with Crippen LogP contribution in [0.3, 0.4) is 0 Å². The Morgan fingerprint density at radius 2 is 1.94 bits per heavy atom. The van der Waals surface area contributed by atoms with Gasteiger partial charge in [0, 0.05) is 0 Å². The van der Waals surface area contributed by atoms with Gasteiger partial charge in [-0.2, -0.15) is 0 Å². The average Bonchev–Trinajstić information content (AvgIpc) is 2.32. The molecule has 2 aromatic rings. The van der Waals surface area contributed by atoms with Crippen molar-refractivity contribution in [3.63, 3.8) is 0 Å². The molecule has 17 heavy (non-hydrogen) atoms. The second kappa shape index (κ2) is 4.33. The largest absolute Gasteiger partial charge is 0.207 e. The summed E-state index contributed by atoms with van der Waals surface area (Å²) in [5.41, 5.74) is 3.02. The van der Waals surface area contributed by atoms with Gasteiger partial charge in [0.2, 0.25) is 0 Å². The van der Waals surface area contributed by atoms with E-state index in [4.69, 9.17) is 0 Å². The standard InChI is InChI=1S/C16H17F/c1-5-12-8-13-6-7-15(17)11(4)16(13)14(9-12)10(2)3/h5-10H,1H2,2-4H3. The van der Waals surface area contributed by atoms with Crippen molar-refractivity contribution in [2.75, 3.05) is 0 Å². The van der Waals surface area contributed by atoms with Gasteiger partial charge in [-0.25, -0.2) is 4.39 Å². The molecule has 0 saturated heterocycles. The van der Waals surface area contributed by atoms with Crippen LogP contribution in [-0.2, 0) is 0 Å². The van der Waals surface area contributed by atoms with Crippen LogP contribution >= 0.6 is 0 Å². The zero-order valence-corrected chi connectivity index (χ0v) is 10.5. The number of hydrogen-bond acceptors (Lipinski definition) is 0. The van der Waals surface area contributed by atoms with Gasteiger partial charge in [0.25, 0.3) is 0 Å². The van der Waals surface area contributed by atoms with Crippen LogP contribution in [0.25, 0.3) is 16.8 Å². The smallest absolute Gasteiger partial charge is 0.126 e. The van der Waals surface area contributed by atoms with E-state index in [1.807, 2.05) is 19.1 Å². The normalized spacial score (nSPS) is 11.1. The van der Waals surface area contributed by atoms with E-state index in [-0.39, 0.29) is 5.82 Å². The van der Waals surface area contributed by atoms with Crippen LogP contribution in [0.5, 0.6) is 0 Å². The Morgan fingerprint density at radius 3 is 2.53 bits per heavy atom. The fourth-order valence-electron chi connectivity index (χ4n) is 2.26. The highest BCUT2D eigenvalue weighted by Crippen LogP contribution is 2.31. The highest BCUT2D eigenvalue weighted by Gasteiger charge is 2.11. The fourth-order valence-corrected chi connectivity index (χ4v) is 2.26. The number of fused-ring (bicyclic) bond motifs is 1. The van der Waals surface area contributed by atoms with Crippen LogP contribution in [0, 0.1) is 12.7 Å². The summed E-state index contributed by atoms with van der Waals surface area (Å²) < 4.78 is 13.7. The molecule has 0 N–H and O–H groups in total. The zero-order valence-electron chi connectivity index (χ0n) is 10.5. The molecule has 0 aliphatic carbocycles. The summed E-state index contributed by atoms with van der Waals surface area (Å²) in [7, 11) is 0. The molecule has 0 aromatic heterocycles. The third kappa shape index (κ3) is 1.97. The van der Waals surface area contributed by atoms with Crippen molar-refractivity contribution in [3.8, 4) is 0 Å². The number of rotatable bonds is 2. The molecule has 0 saturated carbocycles. The van der Waals surface area contributed by atoms with E-state index >= 15 is 0 Å². The van der Waals surface area contributed by atoms with Gasteiger partial charge < -0.3 is 0 Å². The molecule has 0 spiro atoms. The quantitative estimate of drug-likeness (QED) is 0.674. The van der Waals surface area contributed by atoms with E-state index in [1.54, 1.807) is 0 Å². The predicted molar refractivity (Wildman–Crippen MR) is 72.8 cm³/mol. The molecule has 0 unspecified atom stereocenters. The summed E-state index contributed by atoms with van der Waals surface area (Å²) in [4.78, 5) is 0. The molecule has 2 rings (SSSR count). The van der Waals surface area contributed by atoms with Crippen LogP contribution in [0.2, 0.25) is 0 Å². The van der Waals surface area contributed by atoms with E-state index in [0.717, 1.165) is 21.9 Å². The van der Waals surface area contributed by atoms with Crippen LogP contribution < -0.4 is 0 Å². The molecule has 0 radical (unpaired) electrons. The maximum atomic E-state index is 13.7. The highest BCUT2D eigenvalue weighted by atomic mass is 19.1. The lowest BCUT2D eigenvalue weighted by atomic mass is 9.91. The molecule has 0 fully saturated rings. The molecule has 0 heterocycles. The molecule has 0 bridgehead atoms. The topological polar surface area (TPSA) is 0 Å². The SMILES string of the molecule is C=Cc1cc(C(C)C)c2c(C)c(F)ccc2c1. The minimum absolute atomic E-state index is 0.134. The summed E-state index contributed by atoms with van der Waals surface area (Å²) >= 11 is 0. The summed E-state index contributed by atoms with van der Waals surface area (Å²) in [5, 5.41) is 2.13. The Labute approximate surface area is 102 Å². The van der Waals surface area contributed by atoms with Gasteiger partial charge in [0.05, 0.1) is 0 Å². The van der Waals surface area contributed by atoms with Gasteiger partial charge in [0.1, 0.15) is 5.82 Å². The molecular formula is C16H17F. The molecule has 0 aliphatic rings. The highest BCUT2D eigenvalue weighted by molar-refractivity contribution is 5.91. The van der Waals surface area contributed by atoms with Gasteiger partial charge in [-0.15, -0.1) is 0 Å². The van der Waals surface area contributed by atoms with Crippen molar-refractivity contribution in [1.29, 1.82) is 0 Å². The summed E-state index contributed by atoms with van der Waals surface area (Å²) in [5.74, 6) is 0.239. The van der Waals surface area contributed by atoms with Crippen molar-refractivity contribution in [1.82, 2.24) is 0 Å². The van der Waals surface area contributed by atoms with Crippen molar-refractivity contribution in [2.24, 2.45) is 0 Å². The minimum atomic E-state index is -0.134. The zero-order chi connectivity index (χ0) is 12.6. The maximum absolute atomic E-state index is 13.7. The predicted octanol–water partition coefficient (Wildman–Crippen LogP) is 5.05. The molecule has 0 atom stereocenters. The lowest BCUT2D eigenvalue weighted by Gasteiger charge is -2.14. The Hall–Kier alpha value is -1.63. The molecule has 1 heteroatoms. The molecule has 0 amide bonds. The molecular weight excluding hydrogens is 211 g/mol. The lowest BCUT2D eigenvalue weighted by molar-refractivity contribution is 0.620. The first-order valence-electron chi connectivity index (χ1n) is 5.89.